The maximum atomic E-state index is 12.3. The molecule has 3 heterocycles. The number of carbonyl (C=O) groups is 1. The summed E-state index contributed by atoms with van der Waals surface area (Å²) in [5.74, 6) is -0.233. The van der Waals surface area contributed by atoms with Crippen LogP contribution in [0.2, 0.25) is 5.02 Å². The Morgan fingerprint density at radius 2 is 1.74 bits per heavy atom. The van der Waals surface area contributed by atoms with Gasteiger partial charge in [0.1, 0.15) is 0 Å². The van der Waals surface area contributed by atoms with Gasteiger partial charge >= 0.3 is 0 Å². The summed E-state index contributed by atoms with van der Waals surface area (Å²) < 4.78 is 2.28. The van der Waals surface area contributed by atoms with Gasteiger partial charge in [0.25, 0.3) is 0 Å². The predicted octanol–water partition coefficient (Wildman–Crippen LogP) is 7.22. The maximum absolute atomic E-state index is 12.3. The Morgan fingerprint density at radius 1 is 1.03 bits per heavy atom. The first-order valence-corrected chi connectivity index (χ1v) is 13.8. The van der Waals surface area contributed by atoms with E-state index in [0.717, 1.165) is 34.0 Å². The van der Waals surface area contributed by atoms with Crippen LogP contribution in [0, 0.1) is 26.7 Å². The van der Waals surface area contributed by atoms with Crippen molar-refractivity contribution in [3.05, 3.63) is 106 Å². The molecule has 0 radical (unpaired) electrons. The number of nitrogens with one attached hydrogen (secondary N) is 2. The molecule has 8 heteroatoms. The average Bonchev–Trinajstić information content (AvgIpc) is 3.41. The number of carbonyl (C=O) groups excluding carboxylic acids is 1. The normalized spacial score (nSPS) is 17.0. The van der Waals surface area contributed by atoms with Crippen LogP contribution in [0.3, 0.4) is 0 Å². The molecule has 0 bridgehead atoms. The molecule has 200 valence electrons. The lowest BCUT2D eigenvalue weighted by molar-refractivity contribution is -0.118. The topological polar surface area (TPSA) is 62.2 Å². The van der Waals surface area contributed by atoms with Gasteiger partial charge in [-0.15, -0.1) is 0 Å². The number of hydrogen-bond acceptors (Lipinski definition) is 3. The number of hydrogen-bond donors (Lipinski definition) is 2. The fourth-order valence-corrected chi connectivity index (χ4v) is 5.73. The van der Waals surface area contributed by atoms with Gasteiger partial charge in [-0.2, -0.15) is 0 Å². The molecular formula is C31H32ClN5OS. The van der Waals surface area contributed by atoms with Crippen molar-refractivity contribution in [2.24, 2.45) is 5.92 Å². The third-order valence-electron chi connectivity index (χ3n) is 7.19. The van der Waals surface area contributed by atoms with Crippen LogP contribution >= 0.6 is 23.8 Å². The number of rotatable bonds is 6. The summed E-state index contributed by atoms with van der Waals surface area (Å²) in [5, 5.41) is 7.47. The fraction of sp³-hybridized carbons (Fsp3) is 0.258. The van der Waals surface area contributed by atoms with Gasteiger partial charge in [-0.05, 0) is 87.1 Å². The lowest BCUT2D eigenvalue weighted by Crippen LogP contribution is -2.29. The van der Waals surface area contributed by atoms with Crippen LogP contribution in [-0.2, 0) is 4.79 Å². The minimum absolute atomic E-state index is 0.0837. The number of pyridine rings is 1. The van der Waals surface area contributed by atoms with E-state index in [4.69, 9.17) is 23.8 Å². The van der Waals surface area contributed by atoms with Crippen molar-refractivity contribution in [2.45, 2.75) is 46.7 Å². The second-order valence-corrected chi connectivity index (χ2v) is 11.1. The molecule has 1 amide bonds. The molecule has 0 aliphatic carbocycles. The number of aryl methyl sites for hydroxylation is 2. The monoisotopic (exact) mass is 557 g/mol. The van der Waals surface area contributed by atoms with E-state index < -0.39 is 0 Å². The molecule has 1 fully saturated rings. The Hall–Kier alpha value is -3.68. The highest BCUT2D eigenvalue weighted by molar-refractivity contribution is 7.80. The molecule has 4 aromatic rings. The summed E-state index contributed by atoms with van der Waals surface area (Å²) in [6.07, 6.45) is 1.80. The summed E-state index contributed by atoms with van der Waals surface area (Å²) in [6, 6.07) is 22.0. The van der Waals surface area contributed by atoms with Crippen molar-refractivity contribution in [2.75, 3.05) is 10.2 Å². The average molecular weight is 558 g/mol. The smallest absolute Gasteiger partial charge is 0.226 e. The molecule has 5 rings (SSSR count). The minimum Gasteiger partial charge on any atom is -0.351 e. The van der Waals surface area contributed by atoms with E-state index in [1.54, 1.807) is 6.20 Å². The van der Waals surface area contributed by atoms with Crippen molar-refractivity contribution in [1.29, 1.82) is 0 Å². The van der Waals surface area contributed by atoms with Crippen molar-refractivity contribution >= 4 is 46.2 Å². The van der Waals surface area contributed by atoms with Gasteiger partial charge in [-0.1, -0.05) is 49.2 Å². The third kappa shape index (κ3) is 5.16. The van der Waals surface area contributed by atoms with Gasteiger partial charge in [0.15, 0.2) is 5.11 Å². The fourth-order valence-electron chi connectivity index (χ4n) is 5.16. The van der Waals surface area contributed by atoms with Crippen LogP contribution in [-0.4, -0.2) is 20.6 Å². The number of nitrogens with zero attached hydrogens (tertiary/aromatic N) is 3. The summed E-state index contributed by atoms with van der Waals surface area (Å²) in [4.78, 5) is 19.1. The number of benzene rings is 2. The molecule has 2 aromatic heterocycles. The van der Waals surface area contributed by atoms with E-state index in [9.17, 15) is 4.79 Å². The second kappa shape index (κ2) is 10.8. The molecule has 6 nitrogen and oxygen atoms in total. The molecule has 0 spiro atoms. The van der Waals surface area contributed by atoms with Gasteiger partial charge in [-0.3, -0.25) is 9.78 Å². The highest BCUT2D eigenvalue weighted by atomic mass is 35.5. The summed E-state index contributed by atoms with van der Waals surface area (Å²) in [5.41, 5.74) is 8.06. The predicted molar refractivity (Wildman–Crippen MR) is 163 cm³/mol. The summed E-state index contributed by atoms with van der Waals surface area (Å²) >= 11 is 12.6. The van der Waals surface area contributed by atoms with Crippen LogP contribution < -0.4 is 15.5 Å². The van der Waals surface area contributed by atoms with Crippen LogP contribution in [0.4, 0.5) is 11.4 Å². The van der Waals surface area contributed by atoms with Gasteiger partial charge in [0.2, 0.25) is 5.91 Å². The molecular weight excluding hydrogens is 526 g/mol. The zero-order valence-electron chi connectivity index (χ0n) is 22.7. The molecule has 2 N–H and O–H groups in total. The maximum Gasteiger partial charge on any atom is 0.226 e. The molecule has 1 saturated heterocycles. The van der Waals surface area contributed by atoms with Gasteiger partial charge < -0.3 is 20.1 Å². The highest BCUT2D eigenvalue weighted by Gasteiger charge is 2.42. The highest BCUT2D eigenvalue weighted by Crippen LogP contribution is 2.44. The van der Waals surface area contributed by atoms with Crippen molar-refractivity contribution in [3.8, 4) is 5.69 Å². The van der Waals surface area contributed by atoms with E-state index in [-0.39, 0.29) is 23.9 Å². The van der Waals surface area contributed by atoms with Crippen molar-refractivity contribution in [1.82, 2.24) is 14.9 Å². The third-order valence-corrected chi connectivity index (χ3v) is 7.82. The molecule has 2 atom stereocenters. The number of aromatic nitrogens is 2. The number of anilines is 2. The van der Waals surface area contributed by atoms with Crippen molar-refractivity contribution < 1.29 is 4.79 Å². The Morgan fingerprint density at radius 3 is 2.38 bits per heavy atom. The molecule has 2 unspecified atom stereocenters. The summed E-state index contributed by atoms with van der Waals surface area (Å²) in [7, 11) is 0. The van der Waals surface area contributed by atoms with Crippen LogP contribution in [0.15, 0.2) is 72.9 Å². The molecule has 2 aromatic carbocycles. The largest absolute Gasteiger partial charge is 0.351 e. The molecule has 1 aliphatic rings. The van der Waals surface area contributed by atoms with Gasteiger partial charge in [0.05, 0.1) is 28.5 Å². The van der Waals surface area contributed by atoms with Crippen LogP contribution in [0.1, 0.15) is 54.1 Å². The Kier molecular flexibility index (Phi) is 7.47. The first kappa shape index (κ1) is 26.9. The zero-order chi connectivity index (χ0) is 27.8. The minimum atomic E-state index is -0.176. The Labute approximate surface area is 240 Å². The lowest BCUT2D eigenvalue weighted by atomic mass is 9.96. The van der Waals surface area contributed by atoms with Crippen LogP contribution in [0.25, 0.3) is 5.69 Å². The van der Waals surface area contributed by atoms with Crippen LogP contribution in [0.5, 0.6) is 0 Å². The van der Waals surface area contributed by atoms with Gasteiger partial charge in [0, 0.05) is 34.9 Å². The zero-order valence-corrected chi connectivity index (χ0v) is 24.3. The Balaban J connectivity index is 1.61. The van der Waals surface area contributed by atoms with E-state index in [1.165, 1.54) is 5.56 Å². The Bertz CT molecular complexity index is 1530. The number of halogens is 1. The molecule has 1 aliphatic heterocycles. The summed E-state index contributed by atoms with van der Waals surface area (Å²) in [6.45, 7) is 10.1. The second-order valence-electron chi connectivity index (χ2n) is 10.3. The first-order valence-electron chi connectivity index (χ1n) is 13.0. The van der Waals surface area contributed by atoms with Gasteiger partial charge in [-0.25, -0.2) is 0 Å². The van der Waals surface area contributed by atoms with Crippen molar-refractivity contribution in [3.63, 3.8) is 0 Å². The van der Waals surface area contributed by atoms with E-state index >= 15 is 0 Å². The molecule has 39 heavy (non-hydrogen) atoms. The quantitative estimate of drug-likeness (QED) is 0.245. The first-order chi connectivity index (χ1) is 18.7. The number of thiocarbonyl (C=S) groups is 1. The van der Waals surface area contributed by atoms with E-state index in [1.807, 2.05) is 50.2 Å². The lowest BCUT2D eigenvalue weighted by Gasteiger charge is -2.28. The SMILES string of the molecule is Cc1ccc(-n2c(C)cc(C3C(c4ccccn4)NC(=S)N3c3ccc(NC(=O)C(C)C)c(Cl)c3)c2C)cc1. The molecule has 0 saturated carbocycles. The standard InChI is InChI=1S/C31H32ClN5OS/c1-18(2)30(38)34-26-14-13-23(17-25(26)32)37-29(28(35-31(37)39)27-8-6-7-15-33-27)24-16-20(4)36(21(24)5)22-11-9-19(3)10-12-22/h6-18,28-29H,1-5H3,(H,34,38)(H,35,39). The van der Waals surface area contributed by atoms with E-state index in [0.29, 0.717) is 15.8 Å². The number of amides is 1. The van der Waals surface area contributed by atoms with E-state index in [2.05, 4.69) is 76.2 Å².